The Hall–Kier alpha value is -1.89. The maximum Gasteiger partial charge on any atom is 0.341 e. The molecule has 3 aliphatic rings. The molecule has 4 atom stereocenters. The fourth-order valence-corrected chi connectivity index (χ4v) is 7.10. The van der Waals surface area contributed by atoms with Gasteiger partial charge in [0.1, 0.15) is 5.00 Å². The summed E-state index contributed by atoms with van der Waals surface area (Å²) < 4.78 is 5.33. The number of ether oxygens (including phenoxy) is 1. The molecule has 2 bridgehead atoms. The van der Waals surface area contributed by atoms with E-state index in [9.17, 15) is 19.5 Å². The Morgan fingerprint density at radius 2 is 1.70 bits per heavy atom. The van der Waals surface area contributed by atoms with E-state index in [0.717, 1.165) is 61.8 Å². The van der Waals surface area contributed by atoms with E-state index < -0.39 is 17.8 Å². The van der Waals surface area contributed by atoms with Crippen molar-refractivity contribution in [3.8, 4) is 0 Å². The van der Waals surface area contributed by atoms with Gasteiger partial charge in [-0.3, -0.25) is 9.59 Å². The Morgan fingerprint density at radius 1 is 1.03 bits per heavy atom. The fraction of sp³-hybridized carbons (Fsp3) is 0.696. The number of esters is 1. The van der Waals surface area contributed by atoms with Gasteiger partial charge < -0.3 is 15.2 Å². The van der Waals surface area contributed by atoms with Crippen LogP contribution in [0.2, 0.25) is 0 Å². The average Bonchev–Trinajstić information content (AvgIpc) is 3.40. The summed E-state index contributed by atoms with van der Waals surface area (Å²) in [4.78, 5) is 39.1. The summed E-state index contributed by atoms with van der Waals surface area (Å²) in [5.74, 6) is -2.39. The van der Waals surface area contributed by atoms with E-state index in [2.05, 4.69) is 5.32 Å². The zero-order valence-corrected chi connectivity index (χ0v) is 18.4. The molecular weight excluding hydrogens is 402 g/mol. The Morgan fingerprint density at radius 3 is 2.40 bits per heavy atom. The first-order valence-corrected chi connectivity index (χ1v) is 12.2. The van der Waals surface area contributed by atoms with Gasteiger partial charge in [0.25, 0.3) is 0 Å². The van der Waals surface area contributed by atoms with Gasteiger partial charge in [-0.25, -0.2) is 4.79 Å². The van der Waals surface area contributed by atoms with E-state index >= 15 is 0 Å². The minimum atomic E-state index is -0.873. The van der Waals surface area contributed by atoms with Crippen molar-refractivity contribution in [3.05, 3.63) is 16.0 Å². The zero-order valence-electron chi connectivity index (χ0n) is 17.6. The summed E-state index contributed by atoms with van der Waals surface area (Å²) >= 11 is 1.48. The van der Waals surface area contributed by atoms with Crippen molar-refractivity contribution in [1.29, 1.82) is 0 Å². The maximum atomic E-state index is 13.2. The SMILES string of the molecule is CCOC(=O)c1c(NC(=O)[C@H]2[C@@H]3CC[C@@H](C3)[C@@H]2C(=O)O)sc2c1CCCCCCC2. The second-order valence-corrected chi connectivity index (χ2v) is 10.0. The van der Waals surface area contributed by atoms with Crippen LogP contribution < -0.4 is 5.32 Å². The van der Waals surface area contributed by atoms with Gasteiger partial charge in [-0.05, 0) is 69.3 Å². The van der Waals surface area contributed by atoms with Gasteiger partial charge in [-0.15, -0.1) is 11.3 Å². The first-order chi connectivity index (χ1) is 14.5. The van der Waals surface area contributed by atoms with Crippen molar-refractivity contribution in [3.63, 3.8) is 0 Å². The highest BCUT2D eigenvalue weighted by molar-refractivity contribution is 7.17. The molecule has 4 rings (SSSR count). The van der Waals surface area contributed by atoms with Crippen molar-refractivity contribution >= 4 is 34.2 Å². The first kappa shape index (κ1) is 21.3. The number of hydrogen-bond acceptors (Lipinski definition) is 5. The number of amides is 1. The Bertz CT molecular complexity index is 832. The van der Waals surface area contributed by atoms with E-state index in [-0.39, 0.29) is 30.3 Å². The van der Waals surface area contributed by atoms with Crippen molar-refractivity contribution in [2.45, 2.75) is 71.1 Å². The van der Waals surface area contributed by atoms with Crippen LogP contribution in [0.1, 0.15) is 79.1 Å². The molecule has 0 unspecified atom stereocenters. The number of fused-ring (bicyclic) bond motifs is 3. The molecule has 3 aliphatic carbocycles. The Kier molecular flexibility index (Phi) is 6.46. The Balaban J connectivity index is 1.63. The number of carboxylic acid groups (broad SMARTS) is 1. The van der Waals surface area contributed by atoms with Gasteiger partial charge in [-0.1, -0.05) is 19.3 Å². The molecule has 2 fully saturated rings. The summed E-state index contributed by atoms with van der Waals surface area (Å²) in [6, 6.07) is 0. The van der Waals surface area contributed by atoms with Crippen LogP contribution >= 0.6 is 11.3 Å². The molecule has 6 nitrogen and oxygen atoms in total. The number of aliphatic carboxylic acids is 1. The fourth-order valence-electron chi connectivity index (χ4n) is 5.82. The van der Waals surface area contributed by atoms with Crippen LogP contribution in [0.15, 0.2) is 0 Å². The van der Waals surface area contributed by atoms with Crippen LogP contribution in [0, 0.1) is 23.7 Å². The summed E-state index contributed by atoms with van der Waals surface area (Å²) in [7, 11) is 0. The lowest BCUT2D eigenvalue weighted by molar-refractivity contribution is -0.148. The summed E-state index contributed by atoms with van der Waals surface area (Å²) in [5.41, 5.74) is 1.53. The second-order valence-electron chi connectivity index (χ2n) is 8.91. The first-order valence-electron chi connectivity index (χ1n) is 11.4. The molecule has 0 aromatic carbocycles. The van der Waals surface area contributed by atoms with Crippen LogP contribution in [-0.4, -0.2) is 29.6 Å². The summed E-state index contributed by atoms with van der Waals surface area (Å²) in [6.07, 6.45) is 10.0. The van der Waals surface area contributed by atoms with Gasteiger partial charge in [0.05, 0.1) is 24.0 Å². The molecule has 2 N–H and O–H groups in total. The number of carboxylic acids is 1. The zero-order chi connectivity index (χ0) is 21.3. The highest BCUT2D eigenvalue weighted by atomic mass is 32.1. The number of nitrogens with one attached hydrogen (secondary N) is 1. The number of carbonyl (C=O) groups excluding carboxylic acids is 2. The third kappa shape index (κ3) is 4.01. The van der Waals surface area contributed by atoms with E-state index in [1.54, 1.807) is 6.92 Å². The molecule has 0 aliphatic heterocycles. The topological polar surface area (TPSA) is 92.7 Å². The van der Waals surface area contributed by atoms with Crippen LogP contribution in [0.5, 0.6) is 0 Å². The van der Waals surface area contributed by atoms with Crippen LogP contribution in [0.4, 0.5) is 5.00 Å². The van der Waals surface area contributed by atoms with Gasteiger partial charge in [0.15, 0.2) is 0 Å². The molecule has 1 amide bonds. The van der Waals surface area contributed by atoms with Crippen LogP contribution in [0.3, 0.4) is 0 Å². The Labute approximate surface area is 181 Å². The smallest absolute Gasteiger partial charge is 0.341 e. The minimum absolute atomic E-state index is 0.0973. The lowest BCUT2D eigenvalue weighted by Crippen LogP contribution is -2.38. The van der Waals surface area contributed by atoms with Gasteiger partial charge in [0, 0.05) is 4.88 Å². The largest absolute Gasteiger partial charge is 0.481 e. The van der Waals surface area contributed by atoms with Gasteiger partial charge in [0.2, 0.25) is 5.91 Å². The van der Waals surface area contributed by atoms with E-state index in [4.69, 9.17) is 4.74 Å². The number of carbonyl (C=O) groups is 3. The number of thiophene rings is 1. The predicted molar refractivity (Wildman–Crippen MR) is 115 cm³/mol. The molecule has 164 valence electrons. The lowest BCUT2D eigenvalue weighted by atomic mass is 9.78. The van der Waals surface area contributed by atoms with Crippen molar-refractivity contribution < 1.29 is 24.2 Å². The predicted octanol–water partition coefficient (Wildman–Crippen LogP) is 4.66. The molecule has 0 spiro atoms. The van der Waals surface area contributed by atoms with Gasteiger partial charge in [-0.2, -0.15) is 0 Å². The molecule has 0 saturated heterocycles. The molecule has 1 heterocycles. The van der Waals surface area contributed by atoms with Crippen molar-refractivity contribution in [2.24, 2.45) is 23.7 Å². The number of rotatable bonds is 5. The highest BCUT2D eigenvalue weighted by Crippen LogP contribution is 2.53. The highest BCUT2D eigenvalue weighted by Gasteiger charge is 2.54. The molecule has 2 saturated carbocycles. The van der Waals surface area contributed by atoms with Crippen LogP contribution in [-0.2, 0) is 27.2 Å². The molecule has 7 heteroatoms. The van der Waals surface area contributed by atoms with Gasteiger partial charge >= 0.3 is 11.9 Å². The molecule has 1 aromatic heterocycles. The maximum absolute atomic E-state index is 13.2. The number of aryl methyl sites for hydroxylation is 1. The standard InChI is InChI=1S/C23H31NO5S/c1-2-29-23(28)19-15-8-6-4-3-5-7-9-16(15)30-21(19)24-20(25)17-13-10-11-14(12-13)18(17)22(26)27/h13-14,17-18H,2-12H2,1H3,(H,24,25)(H,26,27)/t13-,14+,17+,18+/m1/s1. The lowest BCUT2D eigenvalue weighted by Gasteiger charge is -2.27. The van der Waals surface area contributed by atoms with Crippen LogP contribution in [0.25, 0.3) is 0 Å². The monoisotopic (exact) mass is 433 g/mol. The number of hydrogen-bond donors (Lipinski definition) is 2. The molecule has 30 heavy (non-hydrogen) atoms. The van der Waals surface area contributed by atoms with E-state index in [1.807, 2.05) is 0 Å². The molecule has 0 radical (unpaired) electrons. The molecular formula is C23H31NO5S. The second kappa shape index (κ2) is 9.08. The normalized spacial score (nSPS) is 28.2. The number of anilines is 1. The quantitative estimate of drug-likeness (QED) is 0.659. The van der Waals surface area contributed by atoms with Crippen molar-refractivity contribution in [2.75, 3.05) is 11.9 Å². The third-order valence-corrected chi connectivity index (χ3v) is 8.35. The van der Waals surface area contributed by atoms with E-state index in [0.29, 0.717) is 10.6 Å². The third-order valence-electron chi connectivity index (χ3n) is 7.14. The average molecular weight is 434 g/mol. The minimum Gasteiger partial charge on any atom is -0.481 e. The van der Waals surface area contributed by atoms with Crippen molar-refractivity contribution in [1.82, 2.24) is 0 Å². The summed E-state index contributed by atoms with van der Waals surface area (Å²) in [5, 5.41) is 13.2. The summed E-state index contributed by atoms with van der Waals surface area (Å²) in [6.45, 7) is 2.06. The molecule has 1 aromatic rings. The van der Waals surface area contributed by atoms with E-state index in [1.165, 1.54) is 24.2 Å².